The number of aromatic hydroxyl groups is 1. The van der Waals surface area contributed by atoms with Gasteiger partial charge in [-0.15, -0.1) is 0 Å². The van der Waals surface area contributed by atoms with Gasteiger partial charge in [-0.1, -0.05) is 82.6 Å². The molecule has 0 atom stereocenters. The lowest BCUT2D eigenvalue weighted by atomic mass is 9.99. The molecule has 0 saturated heterocycles. The second-order valence-corrected chi connectivity index (χ2v) is 7.45. The Hall–Kier alpha value is -1.77. The van der Waals surface area contributed by atoms with Crippen LogP contribution in [0.1, 0.15) is 106 Å². The third-order valence-electron chi connectivity index (χ3n) is 5.05. The minimum absolute atomic E-state index is 0.0657. The Bertz CT molecular complexity index is 549. The number of benzene rings is 1. The zero-order chi connectivity index (χ0) is 19.7. The molecule has 1 aromatic rings. The van der Waals surface area contributed by atoms with E-state index in [2.05, 4.69) is 19.1 Å². The molecule has 0 unspecified atom stereocenters. The SMILES string of the molecule is CCCCCC/C=C/CCCCCCCCCc1cccc(O)c1C(=O)O. The smallest absolute Gasteiger partial charge is 0.339 e. The Morgan fingerprint density at radius 3 is 2.00 bits per heavy atom. The van der Waals surface area contributed by atoms with E-state index in [4.69, 9.17) is 0 Å². The summed E-state index contributed by atoms with van der Waals surface area (Å²) in [4.78, 5) is 11.2. The maximum Gasteiger partial charge on any atom is 0.339 e. The van der Waals surface area contributed by atoms with Gasteiger partial charge in [0.15, 0.2) is 0 Å². The van der Waals surface area contributed by atoms with E-state index >= 15 is 0 Å². The minimum atomic E-state index is -1.04. The van der Waals surface area contributed by atoms with Crippen LogP contribution in [0.5, 0.6) is 5.75 Å². The van der Waals surface area contributed by atoms with Crippen molar-refractivity contribution in [3.8, 4) is 5.75 Å². The van der Waals surface area contributed by atoms with Crippen LogP contribution in [0, 0.1) is 0 Å². The predicted octanol–water partition coefficient (Wildman–Crippen LogP) is 7.28. The van der Waals surface area contributed by atoms with Crippen LogP contribution in [0.3, 0.4) is 0 Å². The number of carbonyl (C=O) groups is 1. The standard InChI is InChI=1S/C24H38O3/c1-2-3-4-5-6-7-8-9-10-11-12-13-14-15-16-18-21-19-17-20-22(25)23(21)24(26)27/h7-8,17,19-20,25H,2-6,9-16,18H2,1H3,(H,26,27)/b8-7+. The minimum Gasteiger partial charge on any atom is -0.507 e. The Labute approximate surface area is 165 Å². The summed E-state index contributed by atoms with van der Waals surface area (Å²) < 4.78 is 0. The summed E-state index contributed by atoms with van der Waals surface area (Å²) in [5, 5.41) is 18.9. The van der Waals surface area contributed by atoms with E-state index in [-0.39, 0.29) is 11.3 Å². The second kappa shape index (κ2) is 15.3. The third kappa shape index (κ3) is 10.8. The Balaban J connectivity index is 1.99. The van der Waals surface area contributed by atoms with Gasteiger partial charge in [0.05, 0.1) is 0 Å². The molecule has 0 fully saturated rings. The maximum absolute atomic E-state index is 11.2. The van der Waals surface area contributed by atoms with Crippen LogP contribution in [0.2, 0.25) is 0 Å². The maximum atomic E-state index is 11.2. The van der Waals surface area contributed by atoms with E-state index in [1.807, 2.05) is 0 Å². The zero-order valence-electron chi connectivity index (χ0n) is 17.1. The summed E-state index contributed by atoms with van der Waals surface area (Å²) in [6.45, 7) is 2.25. The van der Waals surface area contributed by atoms with Crippen molar-refractivity contribution in [2.45, 2.75) is 96.8 Å². The van der Waals surface area contributed by atoms with E-state index in [9.17, 15) is 15.0 Å². The summed E-state index contributed by atoms with van der Waals surface area (Å²) in [5.74, 6) is -1.17. The number of aryl methyl sites for hydroxylation is 1. The van der Waals surface area contributed by atoms with E-state index < -0.39 is 5.97 Å². The molecule has 0 aliphatic heterocycles. The molecule has 0 aliphatic rings. The topological polar surface area (TPSA) is 57.5 Å². The Morgan fingerprint density at radius 2 is 1.41 bits per heavy atom. The number of aromatic carboxylic acids is 1. The van der Waals surface area contributed by atoms with Gasteiger partial charge in [-0.2, -0.15) is 0 Å². The summed E-state index contributed by atoms with van der Waals surface area (Å²) in [5.41, 5.74) is 0.805. The first kappa shape index (κ1) is 23.3. The van der Waals surface area contributed by atoms with E-state index in [1.54, 1.807) is 12.1 Å². The molecular weight excluding hydrogens is 336 g/mol. The molecule has 0 aromatic heterocycles. The molecule has 1 aromatic carbocycles. The molecule has 0 aliphatic carbocycles. The number of rotatable bonds is 16. The molecule has 0 amide bonds. The van der Waals surface area contributed by atoms with Crippen LogP contribution in [-0.2, 0) is 6.42 Å². The van der Waals surface area contributed by atoms with Crippen molar-refractivity contribution in [2.24, 2.45) is 0 Å². The van der Waals surface area contributed by atoms with Crippen LogP contribution in [0.4, 0.5) is 0 Å². The van der Waals surface area contributed by atoms with Crippen molar-refractivity contribution in [1.29, 1.82) is 0 Å². The third-order valence-corrected chi connectivity index (χ3v) is 5.05. The molecule has 3 nitrogen and oxygen atoms in total. The fraction of sp³-hybridized carbons (Fsp3) is 0.625. The second-order valence-electron chi connectivity index (χ2n) is 7.45. The molecule has 0 saturated carbocycles. The molecule has 0 bridgehead atoms. The lowest BCUT2D eigenvalue weighted by Gasteiger charge is -2.07. The lowest BCUT2D eigenvalue weighted by Crippen LogP contribution is -2.03. The summed E-state index contributed by atoms with van der Waals surface area (Å²) in [6, 6.07) is 4.96. The Morgan fingerprint density at radius 1 is 0.852 bits per heavy atom. The first-order valence-corrected chi connectivity index (χ1v) is 10.9. The van der Waals surface area contributed by atoms with Crippen LogP contribution in [0.15, 0.2) is 30.4 Å². The van der Waals surface area contributed by atoms with E-state index in [1.165, 1.54) is 76.7 Å². The highest BCUT2D eigenvalue weighted by Gasteiger charge is 2.14. The summed E-state index contributed by atoms with van der Waals surface area (Å²) >= 11 is 0. The zero-order valence-corrected chi connectivity index (χ0v) is 17.1. The molecule has 0 radical (unpaired) electrons. The van der Waals surface area contributed by atoms with Crippen molar-refractivity contribution in [2.75, 3.05) is 0 Å². The van der Waals surface area contributed by atoms with Gasteiger partial charge in [-0.05, 0) is 50.2 Å². The van der Waals surface area contributed by atoms with Crippen LogP contribution in [-0.4, -0.2) is 16.2 Å². The van der Waals surface area contributed by atoms with Gasteiger partial charge < -0.3 is 10.2 Å². The molecule has 0 spiro atoms. The largest absolute Gasteiger partial charge is 0.507 e. The number of hydrogen-bond acceptors (Lipinski definition) is 2. The van der Waals surface area contributed by atoms with Gasteiger partial charge in [0, 0.05) is 0 Å². The fourth-order valence-corrected chi connectivity index (χ4v) is 3.43. The normalized spacial score (nSPS) is 11.3. The van der Waals surface area contributed by atoms with Gasteiger partial charge >= 0.3 is 5.97 Å². The highest BCUT2D eigenvalue weighted by molar-refractivity contribution is 5.92. The van der Waals surface area contributed by atoms with Crippen molar-refractivity contribution < 1.29 is 15.0 Å². The number of unbranched alkanes of at least 4 members (excludes halogenated alkanes) is 11. The number of carboxylic acids is 1. The monoisotopic (exact) mass is 374 g/mol. The first-order chi connectivity index (χ1) is 13.2. The highest BCUT2D eigenvalue weighted by Crippen LogP contribution is 2.23. The summed E-state index contributed by atoms with van der Waals surface area (Å²) in [7, 11) is 0. The molecule has 3 heteroatoms. The van der Waals surface area contributed by atoms with E-state index in [0.717, 1.165) is 24.8 Å². The van der Waals surface area contributed by atoms with Gasteiger partial charge in [0.1, 0.15) is 11.3 Å². The lowest BCUT2D eigenvalue weighted by molar-refractivity contribution is 0.0692. The molecule has 27 heavy (non-hydrogen) atoms. The number of carboxylic acid groups (broad SMARTS) is 1. The predicted molar refractivity (Wildman–Crippen MR) is 114 cm³/mol. The van der Waals surface area contributed by atoms with Crippen molar-refractivity contribution in [3.05, 3.63) is 41.5 Å². The van der Waals surface area contributed by atoms with Crippen molar-refractivity contribution in [1.82, 2.24) is 0 Å². The van der Waals surface area contributed by atoms with Crippen LogP contribution < -0.4 is 0 Å². The molecule has 2 N–H and O–H groups in total. The average molecular weight is 375 g/mol. The molecule has 152 valence electrons. The highest BCUT2D eigenvalue weighted by atomic mass is 16.4. The van der Waals surface area contributed by atoms with Crippen molar-refractivity contribution >= 4 is 5.97 Å². The van der Waals surface area contributed by atoms with Gasteiger partial charge in [0.2, 0.25) is 0 Å². The van der Waals surface area contributed by atoms with E-state index in [0.29, 0.717) is 0 Å². The Kier molecular flexibility index (Phi) is 13.2. The fourth-order valence-electron chi connectivity index (χ4n) is 3.43. The summed E-state index contributed by atoms with van der Waals surface area (Å²) in [6.07, 6.45) is 21.7. The quantitative estimate of drug-likeness (QED) is 0.236. The van der Waals surface area contributed by atoms with Crippen LogP contribution in [0.25, 0.3) is 0 Å². The first-order valence-electron chi connectivity index (χ1n) is 10.9. The average Bonchev–Trinajstić information content (AvgIpc) is 2.64. The molecular formula is C24H38O3. The molecule has 0 heterocycles. The van der Waals surface area contributed by atoms with Gasteiger partial charge in [0.25, 0.3) is 0 Å². The number of phenols is 1. The molecule has 1 rings (SSSR count). The number of allylic oxidation sites excluding steroid dienone is 2. The van der Waals surface area contributed by atoms with Crippen LogP contribution >= 0.6 is 0 Å². The number of hydrogen-bond donors (Lipinski definition) is 2. The van der Waals surface area contributed by atoms with Crippen molar-refractivity contribution in [3.63, 3.8) is 0 Å². The van der Waals surface area contributed by atoms with Gasteiger partial charge in [-0.3, -0.25) is 0 Å². The van der Waals surface area contributed by atoms with Gasteiger partial charge in [-0.25, -0.2) is 4.79 Å².